The van der Waals surface area contributed by atoms with Gasteiger partial charge in [-0.1, -0.05) is 26.7 Å². The number of unbranched alkanes of at least 4 members (excludes halogenated alkanes) is 1. The van der Waals surface area contributed by atoms with Crippen molar-refractivity contribution < 1.29 is 8.42 Å². The minimum absolute atomic E-state index is 0.262. The van der Waals surface area contributed by atoms with Gasteiger partial charge in [0.25, 0.3) is 0 Å². The van der Waals surface area contributed by atoms with Crippen LogP contribution in [0.15, 0.2) is 0 Å². The summed E-state index contributed by atoms with van der Waals surface area (Å²) in [5, 5.41) is 3.35. The molecule has 92 valence electrons. The Balaban J connectivity index is 3.46. The number of sulfone groups is 1. The first kappa shape index (κ1) is 14.9. The van der Waals surface area contributed by atoms with Crippen LogP contribution in [-0.2, 0) is 9.84 Å². The monoisotopic (exact) mass is 235 g/mol. The maximum Gasteiger partial charge on any atom is 0.150 e. The van der Waals surface area contributed by atoms with E-state index < -0.39 is 9.84 Å². The van der Waals surface area contributed by atoms with Crippen LogP contribution in [0.5, 0.6) is 0 Å². The van der Waals surface area contributed by atoms with Crippen LogP contribution in [0.3, 0.4) is 0 Å². The molecule has 3 nitrogen and oxygen atoms in total. The van der Waals surface area contributed by atoms with Crippen LogP contribution in [0.4, 0.5) is 0 Å². The first-order valence-electron chi connectivity index (χ1n) is 5.95. The number of rotatable bonds is 9. The summed E-state index contributed by atoms with van der Waals surface area (Å²) in [5.41, 5.74) is 0. The van der Waals surface area contributed by atoms with Gasteiger partial charge in [0.05, 0.1) is 5.75 Å². The number of nitrogens with one attached hydrogen (secondary N) is 1. The summed E-state index contributed by atoms with van der Waals surface area (Å²) >= 11 is 0. The Hall–Kier alpha value is -0.0900. The number of hydrogen-bond donors (Lipinski definition) is 1. The van der Waals surface area contributed by atoms with Crippen LogP contribution in [-0.4, -0.2) is 32.5 Å². The average molecular weight is 235 g/mol. The van der Waals surface area contributed by atoms with Crippen molar-refractivity contribution in [1.82, 2.24) is 5.32 Å². The van der Waals surface area contributed by atoms with Crippen LogP contribution in [0.1, 0.15) is 46.5 Å². The van der Waals surface area contributed by atoms with Gasteiger partial charge in [-0.3, -0.25) is 0 Å². The lowest BCUT2D eigenvalue weighted by Gasteiger charge is -2.12. The smallest absolute Gasteiger partial charge is 0.150 e. The van der Waals surface area contributed by atoms with Gasteiger partial charge in [0.15, 0.2) is 0 Å². The fourth-order valence-corrected chi connectivity index (χ4v) is 2.27. The lowest BCUT2D eigenvalue weighted by Crippen LogP contribution is -2.28. The summed E-state index contributed by atoms with van der Waals surface area (Å²) in [6.07, 6.45) is 4.36. The van der Waals surface area contributed by atoms with E-state index in [4.69, 9.17) is 0 Å². The second kappa shape index (κ2) is 8.11. The van der Waals surface area contributed by atoms with Crippen molar-refractivity contribution in [1.29, 1.82) is 0 Å². The van der Waals surface area contributed by atoms with Gasteiger partial charge in [0, 0.05) is 11.8 Å². The normalized spacial score (nSPS) is 14.1. The quantitative estimate of drug-likeness (QED) is 0.622. The number of hydrogen-bond acceptors (Lipinski definition) is 3. The Morgan fingerprint density at radius 2 is 1.87 bits per heavy atom. The Bertz CT molecular complexity index is 237. The second-order valence-electron chi connectivity index (χ2n) is 4.09. The summed E-state index contributed by atoms with van der Waals surface area (Å²) in [4.78, 5) is 0. The lowest BCUT2D eigenvalue weighted by atomic mass is 10.1. The van der Waals surface area contributed by atoms with Crippen molar-refractivity contribution in [2.24, 2.45) is 0 Å². The highest BCUT2D eigenvalue weighted by Crippen LogP contribution is 1.99. The van der Waals surface area contributed by atoms with Gasteiger partial charge in [-0.25, -0.2) is 8.42 Å². The van der Waals surface area contributed by atoms with Crippen LogP contribution < -0.4 is 5.32 Å². The maximum absolute atomic E-state index is 11.2. The van der Waals surface area contributed by atoms with Crippen molar-refractivity contribution in [3.8, 4) is 0 Å². The van der Waals surface area contributed by atoms with Gasteiger partial charge in [-0.2, -0.15) is 0 Å². The predicted octanol–water partition coefficient (Wildman–Crippen LogP) is 1.98. The Morgan fingerprint density at radius 1 is 1.20 bits per heavy atom. The summed E-state index contributed by atoms with van der Waals surface area (Å²) in [6.45, 7) is 6.85. The van der Waals surface area contributed by atoms with E-state index in [0.717, 1.165) is 13.0 Å². The fraction of sp³-hybridized carbons (Fsp3) is 1.00. The van der Waals surface area contributed by atoms with Gasteiger partial charge in [-0.15, -0.1) is 0 Å². The molecule has 0 spiro atoms. The van der Waals surface area contributed by atoms with Crippen molar-refractivity contribution in [3.63, 3.8) is 0 Å². The molecule has 0 aliphatic carbocycles. The van der Waals surface area contributed by atoms with E-state index in [1.165, 1.54) is 19.3 Å². The summed E-state index contributed by atoms with van der Waals surface area (Å²) in [6, 6.07) is 0.509. The fourth-order valence-electron chi connectivity index (χ4n) is 1.40. The van der Waals surface area contributed by atoms with E-state index in [1.54, 1.807) is 6.92 Å². The van der Waals surface area contributed by atoms with E-state index >= 15 is 0 Å². The molecule has 0 aliphatic rings. The van der Waals surface area contributed by atoms with Crippen LogP contribution in [0.25, 0.3) is 0 Å². The molecule has 0 aromatic heterocycles. The summed E-state index contributed by atoms with van der Waals surface area (Å²) in [5.74, 6) is 0.579. The van der Waals surface area contributed by atoms with Crippen LogP contribution in [0.2, 0.25) is 0 Å². The first-order valence-corrected chi connectivity index (χ1v) is 7.77. The van der Waals surface area contributed by atoms with Crippen molar-refractivity contribution in [2.75, 3.05) is 18.1 Å². The van der Waals surface area contributed by atoms with E-state index in [-0.39, 0.29) is 5.75 Å². The molecular weight excluding hydrogens is 210 g/mol. The predicted molar refractivity (Wildman–Crippen MR) is 65.9 cm³/mol. The average Bonchev–Trinajstić information content (AvgIpc) is 2.21. The molecule has 15 heavy (non-hydrogen) atoms. The Labute approximate surface area is 94.6 Å². The summed E-state index contributed by atoms with van der Waals surface area (Å²) in [7, 11) is -2.77. The standard InChI is InChI=1S/C11H25NO2S/c1-4-6-8-11(3)12-9-7-10-15(13,14)5-2/h11-12H,4-10H2,1-3H3. The molecule has 0 saturated carbocycles. The van der Waals surface area contributed by atoms with E-state index in [2.05, 4.69) is 19.2 Å². The highest BCUT2D eigenvalue weighted by atomic mass is 32.2. The van der Waals surface area contributed by atoms with Crippen LogP contribution >= 0.6 is 0 Å². The molecule has 1 N–H and O–H groups in total. The first-order chi connectivity index (χ1) is 7.02. The van der Waals surface area contributed by atoms with E-state index in [9.17, 15) is 8.42 Å². The van der Waals surface area contributed by atoms with Crippen molar-refractivity contribution in [2.45, 2.75) is 52.5 Å². The second-order valence-corrected chi connectivity index (χ2v) is 6.56. The minimum Gasteiger partial charge on any atom is -0.314 e. The highest BCUT2D eigenvalue weighted by Gasteiger charge is 2.06. The molecule has 0 aromatic rings. The van der Waals surface area contributed by atoms with Gasteiger partial charge < -0.3 is 5.32 Å². The van der Waals surface area contributed by atoms with E-state index in [1.807, 2.05) is 0 Å². The Morgan fingerprint density at radius 3 is 2.40 bits per heavy atom. The molecule has 0 aromatic carbocycles. The largest absolute Gasteiger partial charge is 0.314 e. The molecule has 0 amide bonds. The third-order valence-corrected chi connectivity index (χ3v) is 4.35. The topological polar surface area (TPSA) is 46.2 Å². The maximum atomic E-state index is 11.2. The summed E-state index contributed by atoms with van der Waals surface area (Å²) < 4.78 is 22.4. The molecule has 0 aliphatic heterocycles. The van der Waals surface area contributed by atoms with Crippen molar-refractivity contribution in [3.05, 3.63) is 0 Å². The van der Waals surface area contributed by atoms with Gasteiger partial charge in [0.1, 0.15) is 9.84 Å². The zero-order valence-electron chi connectivity index (χ0n) is 10.3. The Kier molecular flexibility index (Phi) is 8.06. The SMILES string of the molecule is CCCCC(C)NCCCS(=O)(=O)CC. The molecule has 0 saturated heterocycles. The molecular formula is C11H25NO2S. The molecule has 0 heterocycles. The molecule has 1 atom stereocenters. The van der Waals surface area contributed by atoms with Gasteiger partial charge in [-0.05, 0) is 26.3 Å². The zero-order chi connectivity index (χ0) is 11.7. The minimum atomic E-state index is -2.77. The third kappa shape index (κ3) is 8.88. The third-order valence-electron chi connectivity index (χ3n) is 2.56. The van der Waals surface area contributed by atoms with E-state index in [0.29, 0.717) is 11.8 Å². The molecule has 1 unspecified atom stereocenters. The van der Waals surface area contributed by atoms with Gasteiger partial charge >= 0.3 is 0 Å². The van der Waals surface area contributed by atoms with Gasteiger partial charge in [0.2, 0.25) is 0 Å². The lowest BCUT2D eigenvalue weighted by molar-refractivity contribution is 0.494. The van der Waals surface area contributed by atoms with Crippen LogP contribution in [0, 0.1) is 0 Å². The highest BCUT2D eigenvalue weighted by molar-refractivity contribution is 7.91. The molecule has 0 bridgehead atoms. The zero-order valence-corrected chi connectivity index (χ0v) is 11.1. The molecule has 4 heteroatoms. The molecule has 0 radical (unpaired) electrons. The molecule has 0 fully saturated rings. The van der Waals surface area contributed by atoms with Crippen molar-refractivity contribution >= 4 is 9.84 Å². The molecule has 0 rings (SSSR count).